The third-order valence-electron chi connectivity index (χ3n) is 20.0. The molecule has 618 valence electrons. The molecule has 2 bridgehead atoms. The normalized spacial score (nSPS) is 15.6. The van der Waals surface area contributed by atoms with Gasteiger partial charge in [0, 0.05) is 31.4 Å². The molecule has 0 N–H and O–H groups in total. The summed E-state index contributed by atoms with van der Waals surface area (Å²) in [6, 6.07) is 137. The van der Waals surface area contributed by atoms with E-state index in [9.17, 15) is 24.0 Å². The molecule has 17 heteroatoms. The van der Waals surface area contributed by atoms with Gasteiger partial charge in [-0.25, -0.2) is 4.79 Å². The Hall–Kier alpha value is -12.3. The first-order chi connectivity index (χ1) is 60.2. The molecule has 6 unspecified atom stereocenters. The van der Waals surface area contributed by atoms with E-state index in [1.807, 2.05) is 140 Å². The van der Waals surface area contributed by atoms with Crippen molar-refractivity contribution in [2.75, 3.05) is 26.3 Å². The molecular weight excluding hydrogens is 1630 g/mol. The number of hydrogen-bond acceptors (Lipinski definition) is 12. The second-order valence-electron chi connectivity index (χ2n) is 28.6. The van der Waals surface area contributed by atoms with Gasteiger partial charge < -0.3 is 33.2 Å². The summed E-state index contributed by atoms with van der Waals surface area (Å²) in [6.07, 6.45) is -0.575. The van der Waals surface area contributed by atoms with Crippen LogP contribution in [-0.4, -0.2) is 68.1 Å². The van der Waals surface area contributed by atoms with Crippen molar-refractivity contribution in [2.45, 2.75) is 115 Å². The predicted molar refractivity (Wildman–Crippen MR) is 492 cm³/mol. The smallest absolute Gasteiger partial charge is 0.333 e. The van der Waals surface area contributed by atoms with Crippen LogP contribution in [0.3, 0.4) is 0 Å². The Bertz CT molecular complexity index is 5450. The van der Waals surface area contributed by atoms with E-state index in [0.29, 0.717) is 30.3 Å². The first-order valence-corrected chi connectivity index (χ1v) is 46.8. The number of benzene rings is 14. The van der Waals surface area contributed by atoms with E-state index >= 15 is 0 Å². The Labute approximate surface area is 736 Å². The van der Waals surface area contributed by atoms with Crippen LogP contribution >= 0.6 is 0 Å². The molecule has 2 aliphatic carbocycles. The summed E-state index contributed by atoms with van der Waals surface area (Å²) >= 11 is 0. The average molecular weight is 1720 g/mol. The van der Waals surface area contributed by atoms with Crippen molar-refractivity contribution in [1.29, 1.82) is 0 Å². The maximum Gasteiger partial charge on any atom is 0.333 e. The number of methoxy groups -OCH3 is 1. The second kappa shape index (κ2) is 45.0. The fourth-order valence-corrected chi connectivity index (χ4v) is 25.0. The zero-order chi connectivity index (χ0) is 85.7. The lowest BCUT2D eigenvalue weighted by molar-refractivity contribution is -0.160. The van der Waals surface area contributed by atoms with Crippen molar-refractivity contribution in [3.8, 4) is 23.0 Å². The number of fused-ring (bicyclic) bond motifs is 1. The average Bonchev–Trinajstić information content (AvgIpc) is 1.54. The van der Waals surface area contributed by atoms with Crippen LogP contribution in [-0.2, 0) is 92.7 Å². The molecule has 0 aromatic heterocycles. The number of Topliss-reactive ketones (excluding diaryl/α,β-unsaturated/α-hetero) is 1. The van der Waals surface area contributed by atoms with E-state index in [0.717, 1.165) is 16.4 Å². The summed E-state index contributed by atoms with van der Waals surface area (Å²) in [4.78, 5) is 78.2. The summed E-state index contributed by atoms with van der Waals surface area (Å²) in [5, 5.41) is 0. The van der Waals surface area contributed by atoms with Gasteiger partial charge in [-0.15, -0.1) is 0 Å². The molecule has 1 heterocycles. The van der Waals surface area contributed by atoms with Crippen molar-refractivity contribution < 1.29 is 57.1 Å². The van der Waals surface area contributed by atoms with E-state index in [2.05, 4.69) is 261 Å². The zero-order valence-electron chi connectivity index (χ0n) is 69.0. The Balaban J connectivity index is 0.000000136. The quantitative estimate of drug-likeness (QED) is 0.0167. The maximum atomic E-state index is 13.4. The third-order valence-corrected chi connectivity index (χ3v) is 31.3. The lowest BCUT2D eigenvalue weighted by atomic mass is 9.78. The minimum Gasteiger partial charge on any atom is -0.494 e. The molecular formula is C106H97O12S5+5. The highest BCUT2D eigenvalue weighted by atomic mass is 32.2. The van der Waals surface area contributed by atoms with Gasteiger partial charge in [0.2, 0.25) is 0 Å². The van der Waals surface area contributed by atoms with E-state index < -0.39 is 42.0 Å². The minimum atomic E-state index is -0.711. The van der Waals surface area contributed by atoms with Crippen LogP contribution < -0.4 is 18.9 Å². The topological polar surface area (TPSA) is 150 Å². The number of ketones is 1. The monoisotopic (exact) mass is 1720 g/mol. The van der Waals surface area contributed by atoms with Gasteiger partial charge in [-0.3, -0.25) is 19.2 Å². The maximum absolute atomic E-state index is 13.4. The van der Waals surface area contributed by atoms with Gasteiger partial charge in [-0.2, -0.15) is 0 Å². The largest absolute Gasteiger partial charge is 0.494 e. The number of ether oxygens (including phenoxy) is 7. The summed E-state index contributed by atoms with van der Waals surface area (Å²) in [7, 11) is 0.800. The number of carbonyl (C=O) groups is 5. The van der Waals surface area contributed by atoms with Gasteiger partial charge in [-0.05, 0) is 246 Å². The van der Waals surface area contributed by atoms with E-state index in [1.54, 1.807) is 33.1 Å². The first-order valence-electron chi connectivity index (χ1n) is 40.5. The third kappa shape index (κ3) is 23.9. The van der Waals surface area contributed by atoms with Crippen molar-refractivity contribution >= 4 is 84.1 Å². The van der Waals surface area contributed by atoms with Crippen molar-refractivity contribution in [3.05, 3.63) is 413 Å². The molecule has 0 amide bonds. The fourth-order valence-electron chi connectivity index (χ4n) is 14.7. The Morgan fingerprint density at radius 1 is 0.358 bits per heavy atom. The minimum absolute atomic E-state index is 0.0824. The number of rotatable bonds is 26. The molecule has 123 heavy (non-hydrogen) atoms. The molecule has 17 rings (SSSR count). The van der Waals surface area contributed by atoms with Gasteiger partial charge >= 0.3 is 23.9 Å². The highest BCUT2D eigenvalue weighted by Gasteiger charge is 2.70. The van der Waals surface area contributed by atoms with Crippen LogP contribution in [0.15, 0.2) is 481 Å². The molecule has 12 nitrogen and oxygen atoms in total. The molecule has 14 aromatic rings. The van der Waals surface area contributed by atoms with Gasteiger partial charge in [0.1, 0.15) is 35.2 Å². The SMILES string of the molecule is C=C(C)C(=O)OC1C2CC3C1OC(=O)C3C2C(=O)Oc1ccc([S+](c2ccccc2)c2ccccc2)cc1.CC(=O)C[S+](c1ccccc1)c1ccccc1.CC(=O)Oc1ccc([S+](c2ccccc2)c2ccccc2)cc1.CCOc1ccc([S+](c2ccccc2)c2ccccc2)cc1.COCOc1ccc([S+](c2ccccc2)c2ccccc2)cc1. The summed E-state index contributed by atoms with van der Waals surface area (Å²) in [6.45, 7) is 11.2. The molecule has 6 atom stereocenters. The molecule has 1 aliphatic heterocycles. The Kier molecular flexibility index (Phi) is 32.4. The molecule has 3 fully saturated rings. The highest BCUT2D eigenvalue weighted by molar-refractivity contribution is 7.98. The fraction of sp³-hybridized carbons (Fsp3) is 0.142. The lowest BCUT2D eigenvalue weighted by Gasteiger charge is -2.30. The van der Waals surface area contributed by atoms with Crippen molar-refractivity contribution in [1.82, 2.24) is 0 Å². The van der Waals surface area contributed by atoms with Crippen LogP contribution in [0.1, 0.15) is 34.1 Å². The molecule has 0 spiro atoms. The van der Waals surface area contributed by atoms with Crippen molar-refractivity contribution in [3.63, 3.8) is 0 Å². The van der Waals surface area contributed by atoms with E-state index in [4.69, 9.17) is 33.2 Å². The van der Waals surface area contributed by atoms with E-state index in [1.165, 1.54) is 70.6 Å². The van der Waals surface area contributed by atoms with Crippen molar-refractivity contribution in [2.24, 2.45) is 23.7 Å². The first kappa shape index (κ1) is 88.5. The summed E-state index contributed by atoms with van der Waals surface area (Å²) in [5.41, 5.74) is 0.262. The highest BCUT2D eigenvalue weighted by Crippen LogP contribution is 2.59. The van der Waals surface area contributed by atoms with Crippen LogP contribution in [0.25, 0.3) is 0 Å². The summed E-state index contributed by atoms with van der Waals surface area (Å²) in [5.74, 6) is 0.0713. The van der Waals surface area contributed by atoms with Gasteiger partial charge in [0.25, 0.3) is 0 Å². The Morgan fingerprint density at radius 3 is 0.911 bits per heavy atom. The standard InChI is InChI=1S/C31H27O6S.C20H19O2S.C20H17O2S.C20H19OS.C15H15OS/c1-18(2)29(32)36-27-23-17-24-26(31(34)37-28(24)27)25(23)30(33)35-19-13-15-22(16-14-19)38(20-9-5-3-6-10-20)21-11-7-4-8-12-21;1-21-16-22-17-12-14-20(15-13-17)23(18-8-4-2-5-9-18)19-10-6-3-7-11-19;1-16(21)22-17-12-14-20(15-13-17)23(18-8-4-2-5-9-18)19-10-6-3-7-11-19;1-2-21-17-13-15-20(16-14-17)22(18-9-5-3-6-10-18)19-11-7-4-8-12-19;1-13(16)12-17(14-8-4-2-5-9-14)15-10-6-3-7-11-15/h3-16,23-28H,1,17H2,2H3;2-15H,16H2,1H3;2-15H,1H3;3-16H,2H2,1H3;2-11H,12H2,1H3/q5*+1. The van der Waals surface area contributed by atoms with Gasteiger partial charge in [0.15, 0.2) is 86.9 Å². The van der Waals surface area contributed by atoms with Gasteiger partial charge in [-0.1, -0.05) is 189 Å². The zero-order valence-corrected chi connectivity index (χ0v) is 73.1. The molecule has 2 saturated carbocycles. The molecule has 14 aromatic carbocycles. The Morgan fingerprint density at radius 2 is 0.634 bits per heavy atom. The molecule has 0 radical (unpaired) electrons. The van der Waals surface area contributed by atoms with Crippen LogP contribution in [0.4, 0.5) is 0 Å². The van der Waals surface area contributed by atoms with E-state index in [-0.39, 0.29) is 90.4 Å². The molecule has 1 saturated heterocycles. The lowest BCUT2D eigenvalue weighted by Crippen LogP contribution is -2.44. The molecule has 3 aliphatic rings. The number of esters is 4. The second-order valence-corrected chi connectivity index (χ2v) is 38.8. The van der Waals surface area contributed by atoms with Crippen LogP contribution in [0.2, 0.25) is 0 Å². The predicted octanol–water partition coefficient (Wildman–Crippen LogP) is 22.9. The van der Waals surface area contributed by atoms with Gasteiger partial charge in [0.05, 0.1) is 72.9 Å². The number of hydrogen-bond donors (Lipinski definition) is 0. The van der Waals surface area contributed by atoms with Crippen LogP contribution in [0, 0.1) is 23.7 Å². The van der Waals surface area contributed by atoms with Crippen LogP contribution in [0.5, 0.6) is 23.0 Å². The summed E-state index contributed by atoms with van der Waals surface area (Å²) < 4.78 is 38.1. The number of carbonyl (C=O) groups excluding carboxylic acids is 5.